The molecule has 2 heterocycles. The summed E-state index contributed by atoms with van der Waals surface area (Å²) >= 11 is 0. The van der Waals surface area contributed by atoms with E-state index in [9.17, 15) is 14.7 Å². The number of carbonyl (C=O) groups excluding carboxylic acids is 2. The van der Waals surface area contributed by atoms with E-state index in [1.165, 1.54) is 4.90 Å². The van der Waals surface area contributed by atoms with E-state index >= 15 is 0 Å². The number of β-amino-alcohol motifs (C(OH)–C–C–N with tert-alkyl or cyclic N) is 1. The fraction of sp³-hybridized carbons (Fsp3) is 0.500. The molecule has 0 radical (unpaired) electrons. The lowest BCUT2D eigenvalue weighted by atomic mass is 10.1. The standard InChI is InChI=1S/C20H28N6O4/c1-12(2)30-11-15(27)10-26-16-17(25(4)20(29)23-18(16)28)22-19(26)24-21-9-14-7-5-13(3)6-8-14/h5-9,12,15-17,27H,10-11H2,1-4H3,(H,22,24)(H,23,28,29)/b21-9+. The Hall–Kier alpha value is -2.98. The molecule has 10 nitrogen and oxygen atoms in total. The molecule has 2 aliphatic rings. The second-order valence-corrected chi connectivity index (χ2v) is 7.69. The first kappa shape index (κ1) is 21.7. The Morgan fingerprint density at radius 3 is 2.70 bits per heavy atom. The summed E-state index contributed by atoms with van der Waals surface area (Å²) in [5, 5.41) is 16.9. The fourth-order valence-electron chi connectivity index (χ4n) is 3.22. The van der Waals surface area contributed by atoms with Gasteiger partial charge in [-0.25, -0.2) is 15.2 Å². The maximum absolute atomic E-state index is 12.5. The molecule has 2 aliphatic heterocycles. The van der Waals surface area contributed by atoms with Crippen LogP contribution in [0.2, 0.25) is 0 Å². The quantitative estimate of drug-likeness (QED) is 0.433. The first-order valence-electron chi connectivity index (χ1n) is 9.83. The number of guanidine groups is 1. The average molecular weight is 416 g/mol. The molecule has 3 rings (SSSR count). The smallest absolute Gasteiger partial charge is 0.325 e. The molecule has 0 aromatic heterocycles. The summed E-state index contributed by atoms with van der Waals surface area (Å²) in [7, 11) is 1.57. The van der Waals surface area contributed by atoms with Gasteiger partial charge < -0.3 is 19.6 Å². The number of ether oxygens (including phenoxy) is 1. The number of benzene rings is 1. The number of hydrazone groups is 1. The van der Waals surface area contributed by atoms with E-state index in [2.05, 4.69) is 20.8 Å². The number of nitrogens with one attached hydrogen (secondary N) is 2. The molecule has 10 heteroatoms. The molecule has 1 fully saturated rings. The van der Waals surface area contributed by atoms with E-state index in [1.807, 2.05) is 45.0 Å². The zero-order chi connectivity index (χ0) is 21.8. The van der Waals surface area contributed by atoms with E-state index in [-0.39, 0.29) is 19.3 Å². The monoisotopic (exact) mass is 416 g/mol. The van der Waals surface area contributed by atoms with E-state index in [0.29, 0.717) is 5.96 Å². The number of aliphatic hydroxyl groups is 1. The number of urea groups is 1. The van der Waals surface area contributed by atoms with Gasteiger partial charge in [0.1, 0.15) is 0 Å². The second kappa shape index (κ2) is 9.23. The van der Waals surface area contributed by atoms with E-state index < -0.39 is 30.2 Å². The third-order valence-electron chi connectivity index (χ3n) is 4.85. The van der Waals surface area contributed by atoms with Crippen molar-refractivity contribution in [1.29, 1.82) is 0 Å². The van der Waals surface area contributed by atoms with Gasteiger partial charge in [-0.3, -0.25) is 10.1 Å². The van der Waals surface area contributed by atoms with Crippen molar-refractivity contribution in [2.24, 2.45) is 10.1 Å². The lowest BCUT2D eigenvalue weighted by molar-refractivity contribution is -0.127. The first-order valence-corrected chi connectivity index (χ1v) is 9.83. The Balaban J connectivity index is 1.76. The fourth-order valence-corrected chi connectivity index (χ4v) is 3.22. The summed E-state index contributed by atoms with van der Waals surface area (Å²) in [6, 6.07) is 6.54. The van der Waals surface area contributed by atoms with Crippen LogP contribution in [0.25, 0.3) is 0 Å². The highest BCUT2D eigenvalue weighted by molar-refractivity contribution is 6.03. The Bertz CT molecular complexity index is 838. The number of aliphatic hydroxyl groups excluding tert-OH is 1. The minimum absolute atomic E-state index is 0.0296. The number of amides is 3. The van der Waals surface area contributed by atoms with Crippen molar-refractivity contribution in [3.63, 3.8) is 0 Å². The van der Waals surface area contributed by atoms with Crippen LogP contribution in [-0.2, 0) is 9.53 Å². The van der Waals surface area contributed by atoms with Crippen molar-refractivity contribution >= 4 is 24.1 Å². The molecule has 1 aromatic rings. The van der Waals surface area contributed by atoms with E-state index in [4.69, 9.17) is 4.74 Å². The van der Waals surface area contributed by atoms with Gasteiger partial charge in [0.25, 0.3) is 5.91 Å². The van der Waals surface area contributed by atoms with Gasteiger partial charge in [0.2, 0.25) is 5.96 Å². The minimum Gasteiger partial charge on any atom is -0.389 e. The predicted molar refractivity (Wildman–Crippen MR) is 112 cm³/mol. The van der Waals surface area contributed by atoms with Gasteiger partial charge >= 0.3 is 6.03 Å². The van der Waals surface area contributed by atoms with Gasteiger partial charge in [-0.15, -0.1) is 0 Å². The molecular weight excluding hydrogens is 388 g/mol. The molecule has 3 amide bonds. The molecule has 1 aromatic carbocycles. The summed E-state index contributed by atoms with van der Waals surface area (Å²) < 4.78 is 5.47. The highest BCUT2D eigenvalue weighted by atomic mass is 16.5. The molecule has 1 saturated heterocycles. The van der Waals surface area contributed by atoms with Crippen molar-refractivity contribution in [2.45, 2.75) is 45.2 Å². The van der Waals surface area contributed by atoms with Gasteiger partial charge in [0, 0.05) is 7.05 Å². The average Bonchev–Trinajstić information content (AvgIpc) is 3.05. The van der Waals surface area contributed by atoms with Crippen LogP contribution in [0, 0.1) is 6.92 Å². The van der Waals surface area contributed by atoms with Crippen molar-refractivity contribution in [1.82, 2.24) is 20.5 Å². The van der Waals surface area contributed by atoms with Gasteiger partial charge in [-0.2, -0.15) is 5.10 Å². The van der Waals surface area contributed by atoms with Crippen LogP contribution in [-0.4, -0.2) is 83.6 Å². The summed E-state index contributed by atoms with van der Waals surface area (Å²) in [5.74, 6) is -0.170. The molecule has 30 heavy (non-hydrogen) atoms. The van der Waals surface area contributed by atoms with Crippen LogP contribution in [0.5, 0.6) is 0 Å². The lowest BCUT2D eigenvalue weighted by Gasteiger charge is -2.36. The minimum atomic E-state index is -0.852. The Morgan fingerprint density at radius 1 is 1.33 bits per heavy atom. The van der Waals surface area contributed by atoms with Crippen LogP contribution in [0.3, 0.4) is 0 Å². The number of hydrogen-bond acceptors (Lipinski definition) is 8. The summed E-state index contributed by atoms with van der Waals surface area (Å²) in [6.07, 6.45) is 0.0459. The number of rotatable bonds is 7. The molecule has 0 bridgehead atoms. The highest BCUT2D eigenvalue weighted by Crippen LogP contribution is 2.23. The summed E-state index contributed by atoms with van der Waals surface area (Å²) in [4.78, 5) is 31.9. The first-order chi connectivity index (χ1) is 14.3. The molecule has 0 aliphatic carbocycles. The second-order valence-electron chi connectivity index (χ2n) is 7.69. The number of fused-ring (bicyclic) bond motifs is 1. The number of carbonyl (C=O) groups is 2. The predicted octanol–water partition coefficient (Wildman–Crippen LogP) is 0.252. The Morgan fingerprint density at radius 2 is 2.03 bits per heavy atom. The van der Waals surface area contributed by atoms with Gasteiger partial charge in [0.05, 0.1) is 31.6 Å². The third-order valence-corrected chi connectivity index (χ3v) is 4.85. The van der Waals surface area contributed by atoms with E-state index in [1.54, 1.807) is 18.2 Å². The number of aliphatic imine (C=N–C) groups is 1. The number of imide groups is 1. The maximum Gasteiger partial charge on any atom is 0.325 e. The molecule has 3 atom stereocenters. The number of nitrogens with zero attached hydrogens (tertiary/aromatic N) is 4. The topological polar surface area (TPSA) is 119 Å². The van der Waals surface area contributed by atoms with Crippen molar-refractivity contribution in [3.05, 3.63) is 35.4 Å². The number of hydrogen-bond donors (Lipinski definition) is 3. The van der Waals surface area contributed by atoms with E-state index in [0.717, 1.165) is 11.1 Å². The Kier molecular flexibility index (Phi) is 6.68. The largest absolute Gasteiger partial charge is 0.389 e. The lowest BCUT2D eigenvalue weighted by Crippen LogP contribution is -2.64. The van der Waals surface area contributed by atoms with Gasteiger partial charge in [0.15, 0.2) is 12.2 Å². The molecule has 0 spiro atoms. The zero-order valence-corrected chi connectivity index (χ0v) is 17.6. The molecule has 162 valence electrons. The zero-order valence-electron chi connectivity index (χ0n) is 17.6. The van der Waals surface area contributed by atoms with Crippen LogP contribution in [0.4, 0.5) is 4.79 Å². The van der Waals surface area contributed by atoms with Crippen LogP contribution in [0.15, 0.2) is 34.4 Å². The number of likely N-dealkylation sites (N-methyl/N-ethyl adjacent to an activating group) is 1. The molecule has 3 unspecified atom stereocenters. The van der Waals surface area contributed by atoms with Crippen LogP contribution in [0.1, 0.15) is 25.0 Å². The number of aryl methyl sites for hydroxylation is 1. The normalized spacial score (nSPS) is 22.4. The SMILES string of the molecule is Cc1ccc(/C=N/NC2=NC3C(C(=O)NC(=O)N3C)N2CC(O)COC(C)C)cc1. The van der Waals surface area contributed by atoms with Gasteiger partial charge in [-0.1, -0.05) is 29.8 Å². The molecular formula is C20H28N6O4. The van der Waals surface area contributed by atoms with Gasteiger partial charge in [-0.05, 0) is 26.3 Å². The van der Waals surface area contributed by atoms with Crippen molar-refractivity contribution < 1.29 is 19.4 Å². The molecule has 3 N–H and O–H groups in total. The van der Waals surface area contributed by atoms with Crippen molar-refractivity contribution in [3.8, 4) is 0 Å². The maximum atomic E-state index is 12.5. The van der Waals surface area contributed by atoms with Crippen molar-refractivity contribution in [2.75, 3.05) is 20.2 Å². The summed E-state index contributed by atoms with van der Waals surface area (Å²) in [5.41, 5.74) is 4.89. The molecule has 0 saturated carbocycles. The summed E-state index contributed by atoms with van der Waals surface area (Å²) in [6.45, 7) is 5.96. The third kappa shape index (κ3) is 4.95. The highest BCUT2D eigenvalue weighted by Gasteiger charge is 2.49. The van der Waals surface area contributed by atoms with Crippen LogP contribution < -0.4 is 10.7 Å². The Labute approximate surface area is 175 Å². The van der Waals surface area contributed by atoms with Crippen LogP contribution >= 0.6 is 0 Å².